The number of unbranched alkanes of at least 4 members (excludes halogenated alkanes) is 12. The van der Waals surface area contributed by atoms with E-state index in [4.69, 9.17) is 9.47 Å². The van der Waals surface area contributed by atoms with Crippen molar-refractivity contribution < 1.29 is 39.8 Å². The molecule has 0 aromatic heterocycles. The van der Waals surface area contributed by atoms with Gasteiger partial charge in [-0.1, -0.05) is 241 Å². The number of hydrogen-bond donors (Lipinski definition) is 6. The minimum absolute atomic E-state index is 0.236. The highest BCUT2D eigenvalue weighted by molar-refractivity contribution is 5.76. The highest BCUT2D eigenvalue weighted by atomic mass is 16.7. The maximum Gasteiger partial charge on any atom is 0.220 e. The maximum atomic E-state index is 13.0. The first-order valence-electron chi connectivity index (χ1n) is 31.0. The van der Waals surface area contributed by atoms with Crippen molar-refractivity contribution in [3.05, 3.63) is 182 Å². The minimum atomic E-state index is -1.59. The first-order chi connectivity index (χ1) is 39.3. The Kier molecular flexibility index (Phi) is 52.7. The van der Waals surface area contributed by atoms with Crippen molar-refractivity contribution in [2.24, 2.45) is 0 Å². The summed E-state index contributed by atoms with van der Waals surface area (Å²) in [6.07, 6.45) is 86.8. The lowest BCUT2D eigenvalue weighted by Gasteiger charge is -2.40. The molecule has 9 heteroatoms. The molecule has 0 aromatic carbocycles. The van der Waals surface area contributed by atoms with Crippen LogP contribution in [0, 0.1) is 0 Å². The number of rotatable bonds is 50. The summed E-state index contributed by atoms with van der Waals surface area (Å²) >= 11 is 0. The fourth-order valence-corrected chi connectivity index (χ4v) is 8.34. The van der Waals surface area contributed by atoms with Gasteiger partial charge in [-0.25, -0.2) is 0 Å². The molecule has 1 saturated heterocycles. The Labute approximate surface area is 487 Å². The zero-order valence-electron chi connectivity index (χ0n) is 49.7. The van der Waals surface area contributed by atoms with Crippen LogP contribution in [0.25, 0.3) is 0 Å². The molecule has 0 bridgehead atoms. The summed E-state index contributed by atoms with van der Waals surface area (Å²) in [6.45, 7) is 3.59. The van der Waals surface area contributed by atoms with Crippen LogP contribution < -0.4 is 5.32 Å². The number of nitrogens with one attached hydrogen (secondary N) is 1. The molecule has 0 spiro atoms. The molecule has 0 saturated carbocycles. The van der Waals surface area contributed by atoms with Gasteiger partial charge in [0.2, 0.25) is 5.91 Å². The lowest BCUT2D eigenvalue weighted by Crippen LogP contribution is -2.60. The predicted molar refractivity (Wildman–Crippen MR) is 340 cm³/mol. The lowest BCUT2D eigenvalue weighted by atomic mass is 9.99. The van der Waals surface area contributed by atoms with Crippen molar-refractivity contribution in [2.75, 3.05) is 13.2 Å². The summed E-state index contributed by atoms with van der Waals surface area (Å²) in [4.78, 5) is 13.0. The molecule has 1 heterocycles. The molecular weight excluding hydrogens is 995 g/mol. The molecule has 80 heavy (non-hydrogen) atoms. The molecule has 9 nitrogen and oxygen atoms in total. The van der Waals surface area contributed by atoms with Gasteiger partial charge in [0.15, 0.2) is 6.29 Å². The molecule has 7 unspecified atom stereocenters. The summed E-state index contributed by atoms with van der Waals surface area (Å²) in [5.41, 5.74) is 0. The fraction of sp³-hybridized carbons (Fsp3) is 0.563. The van der Waals surface area contributed by atoms with Crippen LogP contribution in [-0.4, -0.2) is 87.5 Å². The first-order valence-corrected chi connectivity index (χ1v) is 31.0. The largest absolute Gasteiger partial charge is 0.394 e. The molecule has 0 aliphatic carbocycles. The Balaban J connectivity index is 2.27. The van der Waals surface area contributed by atoms with Gasteiger partial charge >= 0.3 is 0 Å². The van der Waals surface area contributed by atoms with Crippen molar-refractivity contribution in [1.29, 1.82) is 0 Å². The topological polar surface area (TPSA) is 149 Å². The molecule has 1 fully saturated rings. The summed E-state index contributed by atoms with van der Waals surface area (Å²) in [7, 11) is 0. The second-order valence-corrected chi connectivity index (χ2v) is 20.4. The van der Waals surface area contributed by atoms with Gasteiger partial charge in [-0.05, 0) is 135 Å². The van der Waals surface area contributed by atoms with Crippen molar-refractivity contribution in [1.82, 2.24) is 5.32 Å². The van der Waals surface area contributed by atoms with E-state index < -0.39 is 49.5 Å². The summed E-state index contributed by atoms with van der Waals surface area (Å²) in [5, 5.41) is 54.5. The fourth-order valence-electron chi connectivity index (χ4n) is 8.34. The van der Waals surface area contributed by atoms with E-state index in [0.29, 0.717) is 12.8 Å². The minimum Gasteiger partial charge on any atom is -0.394 e. The SMILES string of the molecule is CC/C=C\C/C=C\C/C=C\C/C=C\C/C=C\C/C=C\C/C=C\C/C=C\C/C=C\C/C=C\C/C=C\C/C=C\CCCCC(=O)NC(COC1OC(CO)C(O)C(O)C1O)C(O)/C=C/CC/C=C/CC/C=C/CCCCCCCCCC. The number of carbonyl (C=O) groups excluding carboxylic acids is 1. The molecular formula is C71H111NO8. The van der Waals surface area contributed by atoms with E-state index in [-0.39, 0.29) is 18.9 Å². The quantitative estimate of drug-likeness (QED) is 0.0261. The van der Waals surface area contributed by atoms with Gasteiger partial charge in [0.05, 0.1) is 25.4 Å². The highest BCUT2D eigenvalue weighted by Crippen LogP contribution is 2.22. The number of carbonyl (C=O) groups is 1. The van der Waals surface area contributed by atoms with Crippen molar-refractivity contribution >= 4 is 5.91 Å². The molecule has 7 atom stereocenters. The van der Waals surface area contributed by atoms with Gasteiger partial charge in [0.1, 0.15) is 24.4 Å². The molecule has 1 aliphatic rings. The molecule has 0 radical (unpaired) electrons. The normalized spacial score (nSPS) is 19.8. The first kappa shape index (κ1) is 73.3. The lowest BCUT2D eigenvalue weighted by molar-refractivity contribution is -0.302. The van der Waals surface area contributed by atoms with Crippen LogP contribution in [0.5, 0.6) is 0 Å². The van der Waals surface area contributed by atoms with Crippen LogP contribution in [0.4, 0.5) is 0 Å². The van der Waals surface area contributed by atoms with Crippen LogP contribution in [0.2, 0.25) is 0 Å². The average molecular weight is 1110 g/mol. The Hall–Kier alpha value is -4.71. The van der Waals surface area contributed by atoms with Gasteiger partial charge in [0, 0.05) is 6.42 Å². The van der Waals surface area contributed by atoms with E-state index in [9.17, 15) is 30.3 Å². The molecule has 448 valence electrons. The molecule has 0 aromatic rings. The van der Waals surface area contributed by atoms with Gasteiger partial charge in [-0.2, -0.15) is 0 Å². The second-order valence-electron chi connectivity index (χ2n) is 20.4. The average Bonchev–Trinajstić information content (AvgIpc) is 3.46. The summed E-state index contributed by atoms with van der Waals surface area (Å²) in [6, 6.07) is -0.866. The Morgan fingerprint density at radius 1 is 0.438 bits per heavy atom. The van der Waals surface area contributed by atoms with E-state index in [1.165, 1.54) is 51.4 Å². The van der Waals surface area contributed by atoms with Crippen LogP contribution in [0.1, 0.15) is 200 Å². The highest BCUT2D eigenvalue weighted by Gasteiger charge is 2.44. The molecule has 6 N–H and O–H groups in total. The molecule has 1 rings (SSSR count). The van der Waals surface area contributed by atoms with Gasteiger partial charge in [-0.15, -0.1) is 0 Å². The van der Waals surface area contributed by atoms with E-state index in [2.05, 4.69) is 189 Å². The third kappa shape index (κ3) is 46.0. The zero-order chi connectivity index (χ0) is 57.9. The van der Waals surface area contributed by atoms with E-state index in [0.717, 1.165) is 116 Å². The van der Waals surface area contributed by atoms with Gasteiger partial charge < -0.3 is 40.3 Å². The third-order valence-electron chi connectivity index (χ3n) is 13.2. The standard InChI is InChI=1S/C71H111NO8/c1-3-5-7-9-11-13-15-17-19-21-23-24-25-26-27-28-29-30-31-32-33-34-35-36-37-38-39-40-41-42-43-45-47-49-51-53-55-57-59-61-67(75)72-64(63-79-71-70(78)69(77)68(76)66(62-73)80-71)65(74)60-58-56-54-52-50-48-46-44-22-20-18-16-14-12-10-8-6-4-2/h5,7,11,13,17,19,22-24,26-27,29-30,32-33,35-36,38-39,41-42,44-45,47,50-53,58,60,64-66,68-71,73-74,76-78H,3-4,6,8-10,12,14-16,18,20-21,25,28,31,34,37,40,43,46,48-49,54-57,59,61-63H2,1-2H3,(H,72,75)/b7-5-,13-11-,19-17-,24-23-,27-26-,30-29-,33-32-,36-35-,39-38-,42-41-,44-22+,47-45-,52-50+,53-51-,60-58+. The summed E-state index contributed by atoms with van der Waals surface area (Å²) < 4.78 is 11.2. The summed E-state index contributed by atoms with van der Waals surface area (Å²) in [5.74, 6) is -0.241. The number of allylic oxidation sites excluding steroid dienone is 29. The van der Waals surface area contributed by atoms with Gasteiger partial charge in [-0.3, -0.25) is 4.79 Å². The second kappa shape index (κ2) is 57.5. The number of amides is 1. The van der Waals surface area contributed by atoms with E-state index >= 15 is 0 Å². The number of hydrogen-bond acceptors (Lipinski definition) is 8. The smallest absolute Gasteiger partial charge is 0.220 e. The van der Waals surface area contributed by atoms with E-state index in [1.54, 1.807) is 6.08 Å². The van der Waals surface area contributed by atoms with Crippen LogP contribution in [-0.2, 0) is 14.3 Å². The number of aliphatic hydroxyl groups excluding tert-OH is 5. The van der Waals surface area contributed by atoms with Crippen LogP contribution in [0.15, 0.2) is 182 Å². The molecule has 1 amide bonds. The zero-order valence-corrected chi connectivity index (χ0v) is 49.7. The maximum absolute atomic E-state index is 13.0. The van der Waals surface area contributed by atoms with Crippen molar-refractivity contribution in [2.45, 2.75) is 243 Å². The molecule has 1 aliphatic heterocycles. The predicted octanol–water partition coefficient (Wildman–Crippen LogP) is 16.3. The van der Waals surface area contributed by atoms with Crippen molar-refractivity contribution in [3.63, 3.8) is 0 Å². The van der Waals surface area contributed by atoms with Crippen LogP contribution in [0.3, 0.4) is 0 Å². The van der Waals surface area contributed by atoms with Gasteiger partial charge in [0.25, 0.3) is 0 Å². The Morgan fingerprint density at radius 2 is 0.787 bits per heavy atom. The Bertz CT molecular complexity index is 1910. The Morgan fingerprint density at radius 3 is 1.20 bits per heavy atom. The van der Waals surface area contributed by atoms with Crippen LogP contribution >= 0.6 is 0 Å². The van der Waals surface area contributed by atoms with E-state index in [1.807, 2.05) is 6.08 Å². The third-order valence-corrected chi connectivity index (χ3v) is 13.2. The van der Waals surface area contributed by atoms with Crippen molar-refractivity contribution in [3.8, 4) is 0 Å². The number of ether oxygens (including phenoxy) is 2. The number of aliphatic hydroxyl groups is 5. The monoisotopic (exact) mass is 1110 g/mol.